The number of fused-ring (bicyclic) bond motifs is 1. The second kappa shape index (κ2) is 3.70. The summed E-state index contributed by atoms with van der Waals surface area (Å²) in [7, 11) is 3.38. The second-order valence-electron chi connectivity index (χ2n) is 3.38. The van der Waals surface area contributed by atoms with Gasteiger partial charge < -0.3 is 0 Å². The van der Waals surface area contributed by atoms with Gasteiger partial charge >= 0.3 is 5.69 Å². The molecular weight excluding hydrogens is 274 g/mol. The first-order valence-electron chi connectivity index (χ1n) is 4.46. The van der Waals surface area contributed by atoms with Crippen LogP contribution in [0, 0.1) is 0 Å². The van der Waals surface area contributed by atoms with Gasteiger partial charge in [0, 0.05) is 23.5 Å². The fraction of sp³-hybridized carbons (Fsp3) is 0.222. The van der Waals surface area contributed by atoms with E-state index in [4.69, 9.17) is 5.53 Å². The molecule has 2 rings (SSSR count). The molecule has 0 unspecified atom stereocenters. The monoisotopic (exact) mass is 281 g/mol. The first-order chi connectivity index (χ1) is 7.56. The van der Waals surface area contributed by atoms with Gasteiger partial charge in [-0.25, -0.2) is 4.79 Å². The van der Waals surface area contributed by atoms with E-state index in [1.165, 1.54) is 4.57 Å². The Morgan fingerprint density at radius 1 is 1.31 bits per heavy atom. The minimum absolute atomic E-state index is 0.111. The van der Waals surface area contributed by atoms with Crippen LogP contribution >= 0.6 is 15.9 Å². The topological polar surface area (TPSA) is 75.7 Å². The number of hydrogen-bond donors (Lipinski definition) is 0. The molecule has 2 aromatic rings. The third-order valence-electron chi connectivity index (χ3n) is 2.49. The maximum absolute atomic E-state index is 11.7. The Bertz CT molecular complexity index is 677. The van der Waals surface area contributed by atoms with Crippen molar-refractivity contribution in [1.29, 1.82) is 0 Å². The number of hydrogen-bond acceptors (Lipinski definition) is 2. The quantitative estimate of drug-likeness (QED) is 0.450. The lowest BCUT2D eigenvalue weighted by molar-refractivity contribution is 0.795. The average Bonchev–Trinajstić information content (AvgIpc) is 2.46. The summed E-state index contributed by atoms with van der Waals surface area (Å²) in [5.41, 5.74) is 10.3. The highest BCUT2D eigenvalue weighted by atomic mass is 79.9. The molecule has 0 saturated carbocycles. The van der Waals surface area contributed by atoms with E-state index < -0.39 is 0 Å². The molecule has 0 N–H and O–H groups in total. The van der Waals surface area contributed by atoms with Gasteiger partial charge in [0.05, 0.1) is 16.7 Å². The minimum atomic E-state index is -0.111. The minimum Gasteiger partial charge on any atom is -0.295 e. The average molecular weight is 282 g/mol. The lowest BCUT2D eigenvalue weighted by Crippen LogP contribution is -2.19. The zero-order valence-corrected chi connectivity index (χ0v) is 10.3. The van der Waals surface area contributed by atoms with Crippen LogP contribution in [0.25, 0.3) is 21.5 Å². The number of imidazole rings is 1. The van der Waals surface area contributed by atoms with Gasteiger partial charge in [0.25, 0.3) is 0 Å². The molecule has 0 spiro atoms. The Hall–Kier alpha value is -1.72. The molecule has 0 bridgehead atoms. The van der Waals surface area contributed by atoms with E-state index in [9.17, 15) is 4.79 Å². The van der Waals surface area contributed by atoms with Crippen molar-refractivity contribution in [3.8, 4) is 0 Å². The first kappa shape index (κ1) is 10.8. The fourth-order valence-corrected chi connectivity index (χ4v) is 2.04. The van der Waals surface area contributed by atoms with Gasteiger partial charge in [-0.1, -0.05) is 21.0 Å². The Balaban J connectivity index is 2.95. The van der Waals surface area contributed by atoms with Crippen molar-refractivity contribution in [1.82, 2.24) is 9.13 Å². The van der Waals surface area contributed by atoms with Crippen LogP contribution in [0.2, 0.25) is 0 Å². The summed E-state index contributed by atoms with van der Waals surface area (Å²) < 4.78 is 3.72. The smallest absolute Gasteiger partial charge is 0.295 e. The molecule has 0 fully saturated rings. The highest BCUT2D eigenvalue weighted by molar-refractivity contribution is 9.10. The summed E-state index contributed by atoms with van der Waals surface area (Å²) >= 11 is 3.30. The standard InChI is InChI=1S/C9H8BrN5O/c1-14-7-3-5(10)6(12-13-11)4-8(7)15(2)9(14)16/h3-4H,1-2H3. The molecule has 0 aliphatic carbocycles. The van der Waals surface area contributed by atoms with Crippen LogP contribution in [0.15, 0.2) is 26.5 Å². The third-order valence-corrected chi connectivity index (χ3v) is 3.13. The van der Waals surface area contributed by atoms with Crippen molar-refractivity contribution in [2.45, 2.75) is 0 Å². The number of benzene rings is 1. The molecule has 7 heteroatoms. The predicted octanol–water partition coefficient (Wildman–Crippen LogP) is 2.58. The molecule has 1 heterocycles. The molecule has 0 saturated heterocycles. The molecule has 1 aromatic heterocycles. The Labute approximate surface area is 98.9 Å². The molecule has 1 aromatic carbocycles. The van der Waals surface area contributed by atoms with Crippen LogP contribution < -0.4 is 5.69 Å². The van der Waals surface area contributed by atoms with Crippen molar-refractivity contribution >= 4 is 32.7 Å². The summed E-state index contributed by atoms with van der Waals surface area (Å²) in [5, 5.41) is 3.55. The molecule has 0 aliphatic rings. The highest BCUT2D eigenvalue weighted by Crippen LogP contribution is 2.30. The third kappa shape index (κ3) is 1.41. The Morgan fingerprint density at radius 3 is 2.44 bits per heavy atom. The molecule has 0 amide bonds. The summed E-state index contributed by atoms with van der Waals surface area (Å²) in [4.78, 5) is 14.4. The molecule has 0 radical (unpaired) electrons. The molecule has 6 nitrogen and oxygen atoms in total. The molecule has 0 atom stereocenters. The van der Waals surface area contributed by atoms with E-state index in [-0.39, 0.29) is 5.69 Å². The summed E-state index contributed by atoms with van der Waals surface area (Å²) in [6.07, 6.45) is 0. The zero-order valence-electron chi connectivity index (χ0n) is 8.68. The van der Waals surface area contributed by atoms with E-state index in [1.54, 1.807) is 30.8 Å². The van der Waals surface area contributed by atoms with Crippen LogP contribution in [0.4, 0.5) is 5.69 Å². The van der Waals surface area contributed by atoms with Crippen molar-refractivity contribution in [2.24, 2.45) is 19.2 Å². The van der Waals surface area contributed by atoms with Gasteiger partial charge in [-0.15, -0.1) is 0 Å². The number of nitrogens with zero attached hydrogens (tertiary/aromatic N) is 5. The summed E-state index contributed by atoms with van der Waals surface area (Å²) in [5.74, 6) is 0. The Kier molecular flexibility index (Phi) is 2.49. The Morgan fingerprint density at radius 2 is 1.88 bits per heavy atom. The van der Waals surface area contributed by atoms with Crippen LogP contribution in [-0.2, 0) is 14.1 Å². The van der Waals surface area contributed by atoms with Gasteiger partial charge in [-0.2, -0.15) is 0 Å². The van der Waals surface area contributed by atoms with Crippen molar-refractivity contribution in [3.05, 3.63) is 37.5 Å². The lowest BCUT2D eigenvalue weighted by Gasteiger charge is -1.99. The number of aromatic nitrogens is 2. The van der Waals surface area contributed by atoms with E-state index in [0.29, 0.717) is 10.2 Å². The molecule has 0 aliphatic heterocycles. The second-order valence-corrected chi connectivity index (χ2v) is 4.24. The fourth-order valence-electron chi connectivity index (χ4n) is 1.63. The number of aryl methyl sites for hydroxylation is 2. The molecule has 16 heavy (non-hydrogen) atoms. The van der Waals surface area contributed by atoms with Crippen LogP contribution in [0.5, 0.6) is 0 Å². The van der Waals surface area contributed by atoms with Gasteiger partial charge in [-0.3, -0.25) is 9.13 Å². The van der Waals surface area contributed by atoms with Crippen molar-refractivity contribution in [2.75, 3.05) is 0 Å². The van der Waals surface area contributed by atoms with Crippen molar-refractivity contribution < 1.29 is 0 Å². The number of azide groups is 1. The summed E-state index contributed by atoms with van der Waals surface area (Å²) in [6, 6.07) is 3.45. The number of halogens is 1. The van der Waals surface area contributed by atoms with Crippen molar-refractivity contribution in [3.63, 3.8) is 0 Å². The van der Waals surface area contributed by atoms with Gasteiger partial charge in [0.2, 0.25) is 0 Å². The SMILES string of the molecule is Cn1c(=O)n(C)c2cc(N=[N+]=[N-])c(Br)cc21. The maximum atomic E-state index is 11.7. The molecule has 82 valence electrons. The van der Waals surface area contributed by atoms with Gasteiger partial charge in [0.1, 0.15) is 0 Å². The van der Waals surface area contributed by atoms with Gasteiger partial charge in [0.15, 0.2) is 0 Å². The maximum Gasteiger partial charge on any atom is 0.328 e. The normalized spacial score (nSPS) is 10.4. The molecular formula is C9H8BrN5O. The largest absolute Gasteiger partial charge is 0.328 e. The van der Waals surface area contributed by atoms with E-state index in [2.05, 4.69) is 26.0 Å². The van der Waals surface area contributed by atoms with E-state index >= 15 is 0 Å². The highest BCUT2D eigenvalue weighted by Gasteiger charge is 2.10. The zero-order chi connectivity index (χ0) is 11.9. The van der Waals surface area contributed by atoms with E-state index in [1.807, 2.05) is 0 Å². The van der Waals surface area contributed by atoms with Gasteiger partial charge in [-0.05, 0) is 17.7 Å². The summed E-state index contributed by atoms with van der Waals surface area (Å²) in [6.45, 7) is 0. The van der Waals surface area contributed by atoms with E-state index in [0.717, 1.165) is 11.0 Å². The van der Waals surface area contributed by atoms with Crippen LogP contribution in [-0.4, -0.2) is 9.13 Å². The lowest BCUT2D eigenvalue weighted by atomic mass is 10.3. The van der Waals surface area contributed by atoms with Crippen LogP contribution in [0.3, 0.4) is 0 Å². The first-order valence-corrected chi connectivity index (χ1v) is 5.25. The predicted molar refractivity (Wildman–Crippen MR) is 64.7 cm³/mol. The van der Waals surface area contributed by atoms with Crippen LogP contribution in [0.1, 0.15) is 0 Å². The number of rotatable bonds is 1.